The van der Waals surface area contributed by atoms with Crippen molar-refractivity contribution in [1.82, 2.24) is 0 Å². The number of ether oxygens (including phenoxy) is 2. The Kier molecular flexibility index (Phi) is 4.69. The molecule has 2 aromatic rings. The van der Waals surface area contributed by atoms with Gasteiger partial charge in [-0.25, -0.2) is 0 Å². The van der Waals surface area contributed by atoms with Crippen LogP contribution in [0.3, 0.4) is 0 Å². The van der Waals surface area contributed by atoms with Gasteiger partial charge in [-0.3, -0.25) is 0 Å². The van der Waals surface area contributed by atoms with Crippen molar-refractivity contribution in [3.63, 3.8) is 0 Å². The fraction of sp³-hybridized carbons (Fsp3) is 0.400. The van der Waals surface area contributed by atoms with Crippen molar-refractivity contribution >= 4 is 0 Å². The van der Waals surface area contributed by atoms with E-state index >= 15 is 0 Å². The summed E-state index contributed by atoms with van der Waals surface area (Å²) in [6.45, 7) is 7.83. The average molecular weight is 312 g/mol. The molecule has 3 rings (SSSR count). The quantitative estimate of drug-likeness (QED) is 0.929. The van der Waals surface area contributed by atoms with Crippen LogP contribution in [-0.2, 0) is 11.3 Å². The van der Waals surface area contributed by atoms with Crippen LogP contribution in [-0.4, -0.2) is 24.4 Å². The van der Waals surface area contributed by atoms with Crippen LogP contribution in [0.15, 0.2) is 30.3 Å². The molecule has 1 heterocycles. The third-order valence-electron chi connectivity index (χ3n) is 4.61. The molecule has 23 heavy (non-hydrogen) atoms. The molecule has 0 bridgehead atoms. The molecule has 2 aromatic carbocycles. The highest BCUT2D eigenvalue weighted by Gasteiger charge is 2.18. The van der Waals surface area contributed by atoms with Gasteiger partial charge in [0.2, 0.25) is 0 Å². The second kappa shape index (κ2) is 6.73. The Morgan fingerprint density at radius 2 is 1.96 bits per heavy atom. The lowest BCUT2D eigenvalue weighted by Gasteiger charge is -2.18. The summed E-state index contributed by atoms with van der Waals surface area (Å²) >= 11 is 0. The van der Waals surface area contributed by atoms with Gasteiger partial charge in [0, 0.05) is 6.42 Å². The van der Waals surface area contributed by atoms with Crippen LogP contribution in [0, 0.1) is 20.8 Å². The molecule has 0 aromatic heterocycles. The van der Waals surface area contributed by atoms with Crippen molar-refractivity contribution in [2.45, 2.75) is 39.9 Å². The zero-order valence-electron chi connectivity index (χ0n) is 14.1. The molecule has 3 heteroatoms. The Labute approximate surface area is 137 Å². The van der Waals surface area contributed by atoms with Crippen molar-refractivity contribution in [2.24, 2.45) is 0 Å². The second-order valence-electron chi connectivity index (χ2n) is 6.28. The number of hydrogen-bond acceptors (Lipinski definition) is 3. The van der Waals surface area contributed by atoms with Crippen LogP contribution in [0.5, 0.6) is 5.75 Å². The fourth-order valence-corrected chi connectivity index (χ4v) is 3.26. The summed E-state index contributed by atoms with van der Waals surface area (Å²) in [5.74, 6) is 0.898. The Morgan fingerprint density at radius 3 is 2.61 bits per heavy atom. The summed E-state index contributed by atoms with van der Waals surface area (Å²) < 4.78 is 11.3. The minimum atomic E-state index is 0.0705. The van der Waals surface area contributed by atoms with E-state index in [0.29, 0.717) is 6.61 Å². The van der Waals surface area contributed by atoms with Gasteiger partial charge in [-0.05, 0) is 66.3 Å². The maximum absolute atomic E-state index is 9.52. The molecule has 0 aliphatic carbocycles. The van der Waals surface area contributed by atoms with Crippen LogP contribution < -0.4 is 4.74 Å². The van der Waals surface area contributed by atoms with E-state index in [-0.39, 0.29) is 12.7 Å². The first-order chi connectivity index (χ1) is 11.1. The first kappa shape index (κ1) is 16.0. The molecule has 1 aliphatic heterocycles. The minimum Gasteiger partial charge on any atom is -0.488 e. The topological polar surface area (TPSA) is 38.7 Å². The zero-order valence-corrected chi connectivity index (χ0v) is 14.1. The maximum atomic E-state index is 9.52. The lowest BCUT2D eigenvalue weighted by atomic mass is 9.90. The maximum Gasteiger partial charge on any atom is 0.124 e. The molecule has 1 fully saturated rings. The lowest BCUT2D eigenvalue weighted by molar-refractivity contribution is 0.141. The lowest BCUT2D eigenvalue weighted by Crippen LogP contribution is -2.15. The predicted octanol–water partition coefficient (Wildman–Crippen LogP) is 3.94. The van der Waals surface area contributed by atoms with Crippen LogP contribution in [0.25, 0.3) is 11.1 Å². The van der Waals surface area contributed by atoms with Gasteiger partial charge in [0.05, 0.1) is 19.8 Å². The van der Waals surface area contributed by atoms with E-state index in [0.717, 1.165) is 29.9 Å². The molecule has 122 valence electrons. The third-order valence-corrected chi connectivity index (χ3v) is 4.61. The molecule has 0 radical (unpaired) electrons. The summed E-state index contributed by atoms with van der Waals surface area (Å²) in [4.78, 5) is 0. The molecule has 3 nitrogen and oxygen atoms in total. The standard InChI is InChI=1S/C20H24O3/c1-13-4-5-16(11-21)15(3)20(13)19-7-6-17(10-14(19)2)23-18-8-9-22-12-18/h4-7,10,18,21H,8-9,11-12H2,1-3H3/t18-/m0/s1. The van der Waals surface area contributed by atoms with Gasteiger partial charge in [-0.2, -0.15) is 0 Å². The van der Waals surface area contributed by atoms with E-state index in [9.17, 15) is 5.11 Å². The Hall–Kier alpha value is -1.84. The SMILES string of the molecule is Cc1cc(O[C@H]2CCOC2)ccc1-c1c(C)ccc(CO)c1C. The molecule has 1 atom stereocenters. The number of rotatable bonds is 4. The van der Waals surface area contributed by atoms with E-state index in [1.54, 1.807) is 0 Å². The average Bonchev–Trinajstić information content (AvgIpc) is 3.02. The molecule has 0 amide bonds. The van der Waals surface area contributed by atoms with Crippen molar-refractivity contribution < 1.29 is 14.6 Å². The van der Waals surface area contributed by atoms with Crippen molar-refractivity contribution in [3.05, 3.63) is 52.6 Å². The second-order valence-corrected chi connectivity index (χ2v) is 6.28. The van der Waals surface area contributed by atoms with Gasteiger partial charge < -0.3 is 14.6 Å². The first-order valence-electron chi connectivity index (χ1n) is 8.15. The molecule has 1 N–H and O–H groups in total. The molecule has 0 saturated carbocycles. The monoisotopic (exact) mass is 312 g/mol. The van der Waals surface area contributed by atoms with Gasteiger partial charge in [-0.1, -0.05) is 18.2 Å². The Bertz CT molecular complexity index is 700. The molecule has 0 unspecified atom stereocenters. The predicted molar refractivity (Wildman–Crippen MR) is 91.9 cm³/mol. The van der Waals surface area contributed by atoms with E-state index in [1.807, 2.05) is 12.1 Å². The third kappa shape index (κ3) is 3.26. The molecular formula is C20H24O3. The number of benzene rings is 2. The van der Waals surface area contributed by atoms with Crippen LogP contribution in [0.4, 0.5) is 0 Å². The first-order valence-corrected chi connectivity index (χ1v) is 8.15. The largest absolute Gasteiger partial charge is 0.488 e. The Morgan fingerprint density at radius 1 is 1.13 bits per heavy atom. The highest BCUT2D eigenvalue weighted by atomic mass is 16.5. The highest BCUT2D eigenvalue weighted by Crippen LogP contribution is 2.34. The van der Waals surface area contributed by atoms with Crippen molar-refractivity contribution in [1.29, 1.82) is 0 Å². The van der Waals surface area contributed by atoms with Gasteiger partial charge in [0.25, 0.3) is 0 Å². The summed E-state index contributed by atoms with van der Waals surface area (Å²) in [5, 5.41) is 9.52. The smallest absolute Gasteiger partial charge is 0.124 e. The highest BCUT2D eigenvalue weighted by molar-refractivity contribution is 5.75. The summed E-state index contributed by atoms with van der Waals surface area (Å²) in [7, 11) is 0. The summed E-state index contributed by atoms with van der Waals surface area (Å²) in [6.07, 6.45) is 1.12. The van der Waals surface area contributed by atoms with Crippen LogP contribution in [0.2, 0.25) is 0 Å². The summed E-state index contributed by atoms with van der Waals surface area (Å²) in [6, 6.07) is 10.3. The number of aliphatic hydroxyl groups is 1. The molecular weight excluding hydrogens is 288 g/mol. The van der Waals surface area contributed by atoms with Crippen LogP contribution >= 0.6 is 0 Å². The van der Waals surface area contributed by atoms with Gasteiger partial charge in [0.1, 0.15) is 11.9 Å². The molecule has 1 aliphatic rings. The van der Waals surface area contributed by atoms with E-state index in [4.69, 9.17) is 9.47 Å². The zero-order chi connectivity index (χ0) is 16.4. The normalized spacial score (nSPS) is 17.5. The number of aliphatic hydroxyl groups excluding tert-OH is 1. The number of hydrogen-bond donors (Lipinski definition) is 1. The minimum absolute atomic E-state index is 0.0705. The van der Waals surface area contributed by atoms with E-state index in [2.05, 4.69) is 39.0 Å². The van der Waals surface area contributed by atoms with Gasteiger partial charge >= 0.3 is 0 Å². The van der Waals surface area contributed by atoms with Crippen molar-refractivity contribution in [2.75, 3.05) is 13.2 Å². The van der Waals surface area contributed by atoms with Crippen LogP contribution in [0.1, 0.15) is 28.7 Å². The van der Waals surface area contributed by atoms with E-state index in [1.165, 1.54) is 22.3 Å². The molecule has 1 saturated heterocycles. The summed E-state index contributed by atoms with van der Waals surface area (Å²) in [5.41, 5.74) is 6.94. The Balaban J connectivity index is 1.94. The fourth-order valence-electron chi connectivity index (χ4n) is 3.26. The van der Waals surface area contributed by atoms with Gasteiger partial charge in [-0.15, -0.1) is 0 Å². The molecule has 0 spiro atoms. The van der Waals surface area contributed by atoms with Gasteiger partial charge in [0.15, 0.2) is 0 Å². The van der Waals surface area contributed by atoms with Crippen molar-refractivity contribution in [3.8, 4) is 16.9 Å². The van der Waals surface area contributed by atoms with E-state index < -0.39 is 0 Å². The number of aryl methyl sites for hydroxylation is 2.